The monoisotopic (exact) mass is 240 g/mol. The predicted octanol–water partition coefficient (Wildman–Crippen LogP) is -1.70. The van der Waals surface area contributed by atoms with Gasteiger partial charge in [0.2, 0.25) is 0 Å². The summed E-state index contributed by atoms with van der Waals surface area (Å²) >= 11 is 0. The molecule has 1 aromatic rings. The summed E-state index contributed by atoms with van der Waals surface area (Å²) < 4.78 is 0. The van der Waals surface area contributed by atoms with Gasteiger partial charge in [-0.05, 0) is 6.92 Å². The van der Waals surface area contributed by atoms with Crippen LogP contribution in [0.3, 0.4) is 0 Å². The maximum Gasteiger partial charge on any atom is 0.336 e. The van der Waals surface area contributed by atoms with Crippen LogP contribution in [0.5, 0.6) is 0 Å². The molecule has 4 amide bonds. The van der Waals surface area contributed by atoms with Gasteiger partial charge in [-0.25, -0.2) is 31.3 Å². The largest absolute Gasteiger partial charge is 0.350 e. The molecule has 8 N–H and O–H groups in total. The highest BCUT2D eigenvalue weighted by Crippen LogP contribution is 2.13. The molecule has 1 rings (SSSR count). The van der Waals surface area contributed by atoms with E-state index in [0.717, 1.165) is 0 Å². The van der Waals surface area contributed by atoms with Gasteiger partial charge in [-0.1, -0.05) is 0 Å². The number of rotatable bonds is 2. The van der Waals surface area contributed by atoms with Crippen molar-refractivity contribution in [2.45, 2.75) is 6.92 Å². The molecular formula is C7H12N8O2. The van der Waals surface area contributed by atoms with Crippen molar-refractivity contribution in [2.75, 3.05) is 10.0 Å². The molecule has 17 heavy (non-hydrogen) atoms. The van der Waals surface area contributed by atoms with Gasteiger partial charge in [0.05, 0.1) is 0 Å². The van der Waals surface area contributed by atoms with Crippen molar-refractivity contribution in [1.29, 1.82) is 0 Å². The summed E-state index contributed by atoms with van der Waals surface area (Å²) in [4.78, 5) is 29.3. The third-order valence-electron chi connectivity index (χ3n) is 1.77. The van der Waals surface area contributed by atoms with Gasteiger partial charge >= 0.3 is 12.1 Å². The fraction of sp³-hybridized carbons (Fsp3) is 0.143. The van der Waals surface area contributed by atoms with E-state index >= 15 is 0 Å². The summed E-state index contributed by atoms with van der Waals surface area (Å²) in [5, 5.41) is 1.11. The highest BCUT2D eigenvalue weighted by atomic mass is 16.2. The van der Waals surface area contributed by atoms with E-state index < -0.39 is 12.1 Å². The molecule has 0 atom stereocenters. The Labute approximate surface area is 96.1 Å². The number of amides is 4. The molecule has 0 fully saturated rings. The molecule has 92 valence electrons. The van der Waals surface area contributed by atoms with E-state index in [1.54, 1.807) is 6.92 Å². The van der Waals surface area contributed by atoms with Crippen molar-refractivity contribution in [3.8, 4) is 0 Å². The van der Waals surface area contributed by atoms with Gasteiger partial charge in [-0.15, -0.1) is 0 Å². The smallest absolute Gasteiger partial charge is 0.336 e. The summed E-state index contributed by atoms with van der Waals surface area (Å²) in [7, 11) is 0. The summed E-state index contributed by atoms with van der Waals surface area (Å²) in [5.41, 5.74) is 10.3. The Bertz CT molecular complexity index is 423. The van der Waals surface area contributed by atoms with Crippen LogP contribution in [0.1, 0.15) is 5.69 Å². The maximum atomic E-state index is 10.9. The Morgan fingerprint density at radius 1 is 1.12 bits per heavy atom. The number of carbonyl (C=O) groups excluding carboxylic acids is 2. The standard InChI is InChI=1S/C7H12N8O2/c1-3-2-4(14(10)5(8)16)13-7(12-3)15(11)6(9)17/h2H,10-11H2,1H3,(H2,8,16)(H2,9,17). The molecule has 10 nitrogen and oxygen atoms in total. The molecule has 0 aromatic carbocycles. The van der Waals surface area contributed by atoms with Crippen molar-refractivity contribution in [3.63, 3.8) is 0 Å². The third-order valence-corrected chi connectivity index (χ3v) is 1.77. The van der Waals surface area contributed by atoms with Gasteiger partial charge in [0.15, 0.2) is 5.82 Å². The minimum Gasteiger partial charge on any atom is -0.350 e. The fourth-order valence-corrected chi connectivity index (χ4v) is 0.979. The summed E-state index contributed by atoms with van der Waals surface area (Å²) in [5.74, 6) is 10.5. The van der Waals surface area contributed by atoms with E-state index in [2.05, 4.69) is 9.97 Å². The third kappa shape index (κ3) is 2.76. The van der Waals surface area contributed by atoms with Crippen LogP contribution in [-0.2, 0) is 0 Å². The molecule has 1 heterocycles. The first-order valence-corrected chi connectivity index (χ1v) is 4.37. The van der Waals surface area contributed by atoms with Crippen molar-refractivity contribution in [3.05, 3.63) is 11.8 Å². The van der Waals surface area contributed by atoms with Gasteiger partial charge < -0.3 is 11.5 Å². The van der Waals surface area contributed by atoms with Crippen molar-refractivity contribution >= 4 is 23.8 Å². The van der Waals surface area contributed by atoms with Gasteiger partial charge in [-0.2, -0.15) is 9.99 Å². The lowest BCUT2D eigenvalue weighted by Gasteiger charge is -2.16. The van der Waals surface area contributed by atoms with Crippen LogP contribution in [0.15, 0.2) is 6.07 Å². The van der Waals surface area contributed by atoms with Crippen LogP contribution in [0.4, 0.5) is 21.4 Å². The molecule has 10 heteroatoms. The molecule has 0 spiro atoms. The van der Waals surface area contributed by atoms with Crippen molar-refractivity contribution in [2.24, 2.45) is 23.2 Å². The number of aryl methyl sites for hydroxylation is 1. The molecule has 0 aliphatic rings. The van der Waals surface area contributed by atoms with E-state index in [9.17, 15) is 9.59 Å². The number of aromatic nitrogens is 2. The molecule has 1 aromatic heterocycles. The molecule has 0 saturated carbocycles. The zero-order chi connectivity index (χ0) is 13.2. The number of nitrogens with zero attached hydrogens (tertiary/aromatic N) is 4. The lowest BCUT2D eigenvalue weighted by molar-refractivity contribution is 0.253. The first-order valence-electron chi connectivity index (χ1n) is 4.37. The second-order valence-electron chi connectivity index (χ2n) is 3.08. The Morgan fingerprint density at radius 2 is 1.65 bits per heavy atom. The zero-order valence-electron chi connectivity index (χ0n) is 8.99. The van der Waals surface area contributed by atoms with Gasteiger partial charge in [0.1, 0.15) is 0 Å². The Morgan fingerprint density at radius 3 is 2.12 bits per heavy atom. The number of hydrogen-bond donors (Lipinski definition) is 4. The minimum absolute atomic E-state index is 0.00306. The first-order chi connectivity index (χ1) is 7.82. The number of nitrogens with two attached hydrogens (primary N) is 4. The molecule has 0 aliphatic heterocycles. The van der Waals surface area contributed by atoms with Crippen LogP contribution < -0.4 is 33.2 Å². The molecule has 0 aliphatic carbocycles. The Kier molecular flexibility index (Phi) is 3.40. The summed E-state index contributed by atoms with van der Waals surface area (Å²) in [6.45, 7) is 1.60. The number of carbonyl (C=O) groups is 2. The average Bonchev–Trinajstić information content (AvgIpc) is 2.25. The van der Waals surface area contributed by atoms with Crippen molar-refractivity contribution < 1.29 is 9.59 Å². The van der Waals surface area contributed by atoms with Crippen molar-refractivity contribution in [1.82, 2.24) is 9.97 Å². The summed E-state index contributed by atoms with van der Waals surface area (Å²) in [6.07, 6.45) is 0. The Balaban J connectivity index is 3.19. The number of primary amides is 2. The first kappa shape index (κ1) is 12.6. The molecule has 0 bridgehead atoms. The van der Waals surface area contributed by atoms with Gasteiger partial charge in [0.25, 0.3) is 5.95 Å². The molecule has 0 radical (unpaired) electrons. The number of urea groups is 2. The van der Waals surface area contributed by atoms with E-state index in [4.69, 9.17) is 23.2 Å². The van der Waals surface area contributed by atoms with Crippen LogP contribution in [0.25, 0.3) is 0 Å². The van der Waals surface area contributed by atoms with E-state index in [1.807, 2.05) is 0 Å². The van der Waals surface area contributed by atoms with E-state index in [1.165, 1.54) is 6.07 Å². The topological polar surface area (TPSA) is 170 Å². The second-order valence-corrected chi connectivity index (χ2v) is 3.08. The lowest BCUT2D eigenvalue weighted by atomic mass is 10.4. The molecular weight excluding hydrogens is 228 g/mol. The second kappa shape index (κ2) is 4.59. The normalized spacial score (nSPS) is 9.82. The van der Waals surface area contributed by atoms with Crippen LogP contribution in [-0.4, -0.2) is 22.0 Å². The molecule has 0 saturated heterocycles. The SMILES string of the molecule is Cc1cc(N(N)C(N)=O)nc(N(N)C(N)=O)n1. The van der Waals surface area contributed by atoms with Crippen LogP contribution in [0, 0.1) is 6.92 Å². The zero-order valence-corrected chi connectivity index (χ0v) is 8.99. The van der Waals surface area contributed by atoms with E-state index in [0.29, 0.717) is 15.7 Å². The Hall–Kier alpha value is -2.46. The van der Waals surface area contributed by atoms with Gasteiger partial charge in [-0.3, -0.25) is 0 Å². The highest BCUT2D eigenvalue weighted by Gasteiger charge is 2.16. The van der Waals surface area contributed by atoms with Gasteiger partial charge in [0, 0.05) is 11.8 Å². The number of anilines is 2. The maximum absolute atomic E-state index is 10.9. The lowest BCUT2D eigenvalue weighted by Crippen LogP contribution is -2.45. The summed E-state index contributed by atoms with van der Waals surface area (Å²) in [6, 6.07) is -0.482. The molecule has 0 unspecified atom stereocenters. The predicted molar refractivity (Wildman–Crippen MR) is 59.3 cm³/mol. The fourth-order valence-electron chi connectivity index (χ4n) is 0.979. The van der Waals surface area contributed by atoms with E-state index in [-0.39, 0.29) is 11.8 Å². The average molecular weight is 240 g/mol. The minimum atomic E-state index is -0.954. The number of hydrazine groups is 2. The van der Waals surface area contributed by atoms with Crippen LogP contribution >= 0.6 is 0 Å². The highest BCUT2D eigenvalue weighted by molar-refractivity contribution is 5.90. The quantitative estimate of drug-likeness (QED) is 0.272. The van der Waals surface area contributed by atoms with Crippen LogP contribution in [0.2, 0.25) is 0 Å². The number of hydrogen-bond acceptors (Lipinski definition) is 6.